The predicted molar refractivity (Wildman–Crippen MR) is 92.8 cm³/mol. The molecule has 0 bridgehead atoms. The molecule has 3 heterocycles. The van der Waals surface area contributed by atoms with Crippen LogP contribution in [0.5, 0.6) is 0 Å². The molecule has 8 heteroatoms. The molecule has 120 valence electrons. The Hall–Kier alpha value is -1.28. The Morgan fingerprint density at radius 1 is 1.22 bits per heavy atom. The summed E-state index contributed by atoms with van der Waals surface area (Å²) in [4.78, 5) is 11.1. The molecule has 5 nitrogen and oxygen atoms in total. The number of nitrogens with zero attached hydrogens (tertiary/aromatic N) is 3. The summed E-state index contributed by atoms with van der Waals surface area (Å²) < 4.78 is 6.22. The Morgan fingerprint density at radius 2 is 2.00 bits per heavy atom. The Balaban J connectivity index is 1.69. The fraction of sp³-hybridized carbons (Fsp3) is 0.400. The highest BCUT2D eigenvalue weighted by molar-refractivity contribution is 7.25. The molecule has 4 rings (SSSR count). The second kappa shape index (κ2) is 5.66. The summed E-state index contributed by atoms with van der Waals surface area (Å²) in [5.74, 6) is 1.11. The summed E-state index contributed by atoms with van der Waals surface area (Å²) in [6.07, 6.45) is 4.05. The molecule has 3 aromatic heterocycles. The summed E-state index contributed by atoms with van der Waals surface area (Å²) in [6.45, 7) is 1.95. The van der Waals surface area contributed by atoms with Gasteiger partial charge in [0.15, 0.2) is 5.82 Å². The molecule has 0 atom stereocenters. The van der Waals surface area contributed by atoms with Crippen LogP contribution in [-0.2, 0) is 5.54 Å². The maximum absolute atomic E-state index is 6.40. The molecule has 2 N–H and O–H groups in total. The van der Waals surface area contributed by atoms with Gasteiger partial charge in [-0.15, -0.1) is 22.7 Å². The van der Waals surface area contributed by atoms with Crippen LogP contribution >= 0.6 is 34.3 Å². The van der Waals surface area contributed by atoms with E-state index in [-0.39, 0.29) is 0 Å². The van der Waals surface area contributed by atoms with Gasteiger partial charge in [-0.2, -0.15) is 4.98 Å². The van der Waals surface area contributed by atoms with Crippen LogP contribution in [0.1, 0.15) is 37.2 Å². The van der Waals surface area contributed by atoms with Crippen molar-refractivity contribution in [3.8, 4) is 20.7 Å². The van der Waals surface area contributed by atoms with Crippen molar-refractivity contribution in [2.75, 3.05) is 0 Å². The topological polar surface area (TPSA) is 77.8 Å². The molecule has 0 radical (unpaired) electrons. The van der Waals surface area contributed by atoms with Crippen molar-refractivity contribution < 1.29 is 4.52 Å². The van der Waals surface area contributed by atoms with Crippen molar-refractivity contribution in [2.45, 2.75) is 38.1 Å². The minimum Gasteiger partial charge on any atom is -0.333 e. The first-order chi connectivity index (χ1) is 11.0. The van der Waals surface area contributed by atoms with Gasteiger partial charge in [0.2, 0.25) is 0 Å². The number of hydrogen-bond donors (Lipinski definition) is 1. The van der Waals surface area contributed by atoms with E-state index in [1.807, 2.05) is 19.1 Å². The number of thiazole rings is 1. The highest BCUT2D eigenvalue weighted by Gasteiger charge is 2.36. The van der Waals surface area contributed by atoms with Crippen LogP contribution in [0.4, 0.5) is 0 Å². The first kappa shape index (κ1) is 15.3. The van der Waals surface area contributed by atoms with Crippen LogP contribution in [0.3, 0.4) is 0 Å². The third-order valence-corrected chi connectivity index (χ3v) is 6.69. The molecule has 0 aromatic carbocycles. The number of nitrogens with two attached hydrogens (primary N) is 1. The molecule has 1 fully saturated rings. The zero-order valence-electron chi connectivity index (χ0n) is 12.5. The maximum Gasteiger partial charge on any atom is 0.270 e. The number of halogens is 1. The van der Waals surface area contributed by atoms with Crippen LogP contribution in [0.25, 0.3) is 20.7 Å². The summed E-state index contributed by atoms with van der Waals surface area (Å²) in [5.41, 5.74) is 6.84. The monoisotopic (exact) mass is 366 g/mol. The normalized spacial score (nSPS) is 17.0. The van der Waals surface area contributed by atoms with Crippen LogP contribution in [0.2, 0.25) is 4.34 Å². The smallest absolute Gasteiger partial charge is 0.270 e. The highest BCUT2D eigenvalue weighted by Crippen LogP contribution is 2.40. The molecule has 0 saturated heterocycles. The lowest BCUT2D eigenvalue weighted by Gasteiger charge is -2.17. The van der Waals surface area contributed by atoms with Crippen molar-refractivity contribution in [1.29, 1.82) is 0 Å². The van der Waals surface area contributed by atoms with Gasteiger partial charge >= 0.3 is 0 Å². The lowest BCUT2D eigenvalue weighted by atomic mass is 9.99. The average molecular weight is 367 g/mol. The number of aromatic nitrogens is 3. The molecule has 1 aliphatic rings. The van der Waals surface area contributed by atoms with E-state index in [0.29, 0.717) is 11.7 Å². The van der Waals surface area contributed by atoms with Gasteiger partial charge in [0, 0.05) is 0 Å². The Bertz CT molecular complexity index is 847. The van der Waals surface area contributed by atoms with E-state index in [4.69, 9.17) is 21.9 Å². The Kier molecular flexibility index (Phi) is 3.76. The summed E-state index contributed by atoms with van der Waals surface area (Å²) >= 11 is 9.05. The lowest BCUT2D eigenvalue weighted by molar-refractivity contribution is 0.373. The van der Waals surface area contributed by atoms with E-state index in [1.54, 1.807) is 0 Å². The number of rotatable bonds is 3. The van der Waals surface area contributed by atoms with Gasteiger partial charge in [-0.25, -0.2) is 4.98 Å². The number of aryl methyl sites for hydroxylation is 1. The molecule has 0 unspecified atom stereocenters. The molecule has 0 spiro atoms. The minimum absolute atomic E-state index is 0.440. The summed E-state index contributed by atoms with van der Waals surface area (Å²) in [6, 6.07) is 3.85. The van der Waals surface area contributed by atoms with E-state index in [9.17, 15) is 0 Å². The summed E-state index contributed by atoms with van der Waals surface area (Å²) in [7, 11) is 0. The van der Waals surface area contributed by atoms with Gasteiger partial charge in [-0.3, -0.25) is 0 Å². The van der Waals surface area contributed by atoms with E-state index < -0.39 is 5.54 Å². The third kappa shape index (κ3) is 2.71. The Labute approximate surface area is 146 Å². The van der Waals surface area contributed by atoms with E-state index in [0.717, 1.165) is 50.5 Å². The highest BCUT2D eigenvalue weighted by atomic mass is 35.5. The minimum atomic E-state index is -0.440. The van der Waals surface area contributed by atoms with Crippen molar-refractivity contribution in [3.63, 3.8) is 0 Å². The van der Waals surface area contributed by atoms with Gasteiger partial charge < -0.3 is 10.3 Å². The second-order valence-electron chi connectivity index (χ2n) is 5.82. The average Bonchev–Trinajstić information content (AvgIpc) is 3.25. The number of hydrogen-bond acceptors (Lipinski definition) is 7. The van der Waals surface area contributed by atoms with Gasteiger partial charge in [-0.05, 0) is 31.9 Å². The van der Waals surface area contributed by atoms with Crippen molar-refractivity contribution in [1.82, 2.24) is 15.1 Å². The number of thiophene rings is 1. The van der Waals surface area contributed by atoms with E-state index in [1.165, 1.54) is 22.7 Å². The van der Waals surface area contributed by atoms with E-state index >= 15 is 0 Å². The van der Waals surface area contributed by atoms with Crippen molar-refractivity contribution in [2.24, 2.45) is 5.73 Å². The van der Waals surface area contributed by atoms with E-state index in [2.05, 4.69) is 15.1 Å². The molecule has 23 heavy (non-hydrogen) atoms. The predicted octanol–water partition coefficient (Wildman–Crippen LogP) is 4.61. The van der Waals surface area contributed by atoms with Crippen LogP contribution in [-0.4, -0.2) is 15.1 Å². The zero-order valence-corrected chi connectivity index (χ0v) is 14.9. The second-order valence-corrected chi connectivity index (χ2v) is 8.54. The standard InChI is InChI=1S/C15H15ClN4OS2/c1-8-11(23-13(18-8)9-4-5-10(16)22-9)12-19-14(20-21-12)15(17)6-2-3-7-15/h4-5H,2-3,6-7,17H2,1H3. The largest absolute Gasteiger partial charge is 0.333 e. The lowest BCUT2D eigenvalue weighted by Crippen LogP contribution is -2.34. The molecule has 0 amide bonds. The molecule has 3 aromatic rings. The van der Waals surface area contributed by atoms with Gasteiger partial charge in [0.1, 0.15) is 9.88 Å². The fourth-order valence-electron chi connectivity index (χ4n) is 2.88. The summed E-state index contributed by atoms with van der Waals surface area (Å²) in [5, 5.41) is 5.04. The SMILES string of the molecule is Cc1nc(-c2ccc(Cl)s2)sc1-c1nc(C2(N)CCCC2)no1. The third-order valence-electron chi connectivity index (χ3n) is 4.14. The van der Waals surface area contributed by atoms with Crippen LogP contribution < -0.4 is 5.73 Å². The zero-order chi connectivity index (χ0) is 16.0. The van der Waals surface area contributed by atoms with Crippen LogP contribution in [0, 0.1) is 6.92 Å². The van der Waals surface area contributed by atoms with Gasteiger partial charge in [-0.1, -0.05) is 29.6 Å². The Morgan fingerprint density at radius 3 is 2.70 bits per heavy atom. The molecule has 0 aliphatic heterocycles. The van der Waals surface area contributed by atoms with Gasteiger partial charge in [0.05, 0.1) is 20.4 Å². The quantitative estimate of drug-likeness (QED) is 0.732. The molecular weight excluding hydrogens is 352 g/mol. The molecule has 1 aliphatic carbocycles. The van der Waals surface area contributed by atoms with Crippen molar-refractivity contribution >= 4 is 34.3 Å². The van der Waals surface area contributed by atoms with Crippen LogP contribution in [0.15, 0.2) is 16.7 Å². The molecular formula is C15H15ClN4OS2. The first-order valence-electron chi connectivity index (χ1n) is 7.42. The fourth-order valence-corrected chi connectivity index (χ4v) is 4.96. The van der Waals surface area contributed by atoms with Crippen molar-refractivity contribution in [3.05, 3.63) is 28.0 Å². The maximum atomic E-state index is 6.40. The molecule has 1 saturated carbocycles. The first-order valence-corrected chi connectivity index (χ1v) is 9.43. The van der Waals surface area contributed by atoms with Gasteiger partial charge in [0.25, 0.3) is 5.89 Å².